The van der Waals surface area contributed by atoms with Crippen molar-refractivity contribution in [2.45, 2.75) is 26.2 Å². The zero-order valence-electron chi connectivity index (χ0n) is 7.46. The SMILES string of the molecule is CCCCOC(=O)CC(=O)[O-].[Cs+]. The van der Waals surface area contributed by atoms with Gasteiger partial charge in [0.25, 0.3) is 0 Å². The zero-order valence-corrected chi connectivity index (χ0v) is 13.7. The van der Waals surface area contributed by atoms with Crippen LogP contribution in [0.15, 0.2) is 0 Å². The number of rotatable bonds is 5. The number of carbonyl (C=O) groups is 2. The summed E-state index contributed by atoms with van der Waals surface area (Å²) in [6, 6.07) is 0. The van der Waals surface area contributed by atoms with E-state index in [9.17, 15) is 14.7 Å². The number of aliphatic carboxylic acids is 1. The van der Waals surface area contributed by atoms with Gasteiger partial charge < -0.3 is 14.6 Å². The summed E-state index contributed by atoms with van der Waals surface area (Å²) in [4.78, 5) is 20.3. The minimum atomic E-state index is -1.40. The summed E-state index contributed by atoms with van der Waals surface area (Å²) in [6.45, 7) is 2.25. The first-order valence-corrected chi connectivity index (χ1v) is 3.52. The van der Waals surface area contributed by atoms with Crippen molar-refractivity contribution in [3.8, 4) is 0 Å². The molecule has 0 atom stereocenters. The van der Waals surface area contributed by atoms with Crippen molar-refractivity contribution in [3.63, 3.8) is 0 Å². The van der Waals surface area contributed by atoms with Crippen LogP contribution in [0.5, 0.6) is 0 Å². The van der Waals surface area contributed by atoms with Gasteiger partial charge in [-0.2, -0.15) is 0 Å². The van der Waals surface area contributed by atoms with Crippen LogP contribution in [0.1, 0.15) is 26.2 Å². The number of hydrogen-bond acceptors (Lipinski definition) is 4. The van der Waals surface area contributed by atoms with Crippen LogP contribution < -0.4 is 74.0 Å². The van der Waals surface area contributed by atoms with Gasteiger partial charge in [-0.3, -0.25) is 4.79 Å². The maximum Gasteiger partial charge on any atom is 1.00 e. The van der Waals surface area contributed by atoms with Crippen molar-refractivity contribution in [1.82, 2.24) is 0 Å². The largest absolute Gasteiger partial charge is 1.00 e. The molecule has 0 rings (SSSR count). The van der Waals surface area contributed by atoms with Gasteiger partial charge >= 0.3 is 74.9 Å². The van der Waals surface area contributed by atoms with Crippen LogP contribution >= 0.6 is 0 Å². The van der Waals surface area contributed by atoms with E-state index in [1.54, 1.807) is 0 Å². The molecule has 0 radical (unpaired) electrons. The van der Waals surface area contributed by atoms with Crippen molar-refractivity contribution in [3.05, 3.63) is 0 Å². The zero-order chi connectivity index (χ0) is 8.69. The molecule has 12 heavy (non-hydrogen) atoms. The maximum absolute atomic E-state index is 10.5. The predicted molar refractivity (Wildman–Crippen MR) is 35.5 cm³/mol. The number of ether oxygens (including phenoxy) is 1. The third-order valence-corrected chi connectivity index (χ3v) is 1.05. The molecule has 0 spiro atoms. The monoisotopic (exact) mass is 292 g/mol. The normalized spacial score (nSPS) is 8.42. The summed E-state index contributed by atoms with van der Waals surface area (Å²) in [7, 11) is 0. The predicted octanol–water partition coefficient (Wildman–Crippen LogP) is -3.53. The van der Waals surface area contributed by atoms with Gasteiger partial charge in [-0.15, -0.1) is 0 Å². The first kappa shape index (κ1) is 15.5. The van der Waals surface area contributed by atoms with Gasteiger partial charge in [-0.25, -0.2) is 0 Å². The van der Waals surface area contributed by atoms with Crippen LogP contribution in [-0.2, 0) is 14.3 Å². The second-order valence-corrected chi connectivity index (χ2v) is 2.12. The Labute approximate surface area is 130 Å². The van der Waals surface area contributed by atoms with Gasteiger partial charge in [0.1, 0.15) is 0 Å². The molecule has 0 aromatic carbocycles. The summed E-state index contributed by atoms with van der Waals surface area (Å²) in [5.74, 6) is -2.12. The summed E-state index contributed by atoms with van der Waals surface area (Å²) < 4.78 is 4.53. The van der Waals surface area contributed by atoms with E-state index in [0.29, 0.717) is 6.61 Å². The van der Waals surface area contributed by atoms with Gasteiger partial charge in [0.15, 0.2) is 0 Å². The summed E-state index contributed by atoms with van der Waals surface area (Å²) in [6.07, 6.45) is 1.03. The van der Waals surface area contributed by atoms with Gasteiger partial charge in [-0.1, -0.05) is 13.3 Å². The maximum atomic E-state index is 10.5. The molecule has 0 saturated heterocycles. The minimum absolute atomic E-state index is 0. The fourth-order valence-corrected chi connectivity index (χ4v) is 0.499. The van der Waals surface area contributed by atoms with Crippen LogP contribution in [0.2, 0.25) is 0 Å². The molecule has 0 fully saturated rings. The van der Waals surface area contributed by atoms with Crippen molar-refractivity contribution in [2.75, 3.05) is 6.61 Å². The Bertz CT molecular complexity index is 146. The molecule has 0 N–H and O–H groups in total. The van der Waals surface area contributed by atoms with Gasteiger partial charge in [0.2, 0.25) is 0 Å². The molecular formula is C7H11CsO4. The second-order valence-electron chi connectivity index (χ2n) is 2.12. The number of carboxylic acids is 1. The van der Waals surface area contributed by atoms with E-state index < -0.39 is 18.4 Å². The van der Waals surface area contributed by atoms with E-state index in [1.807, 2.05) is 6.92 Å². The topological polar surface area (TPSA) is 66.4 Å². The van der Waals surface area contributed by atoms with E-state index in [1.165, 1.54) is 0 Å². The molecule has 0 heterocycles. The van der Waals surface area contributed by atoms with Crippen molar-refractivity contribution >= 4 is 11.9 Å². The Hall–Kier alpha value is 0.992. The summed E-state index contributed by atoms with van der Waals surface area (Å²) in [5.41, 5.74) is 0. The summed E-state index contributed by atoms with van der Waals surface area (Å²) >= 11 is 0. The van der Waals surface area contributed by atoms with Crippen LogP contribution in [0.25, 0.3) is 0 Å². The Morgan fingerprint density at radius 3 is 2.42 bits per heavy atom. The Morgan fingerprint density at radius 2 is 2.00 bits per heavy atom. The minimum Gasteiger partial charge on any atom is -0.550 e. The molecule has 0 aromatic heterocycles. The molecule has 5 heteroatoms. The van der Waals surface area contributed by atoms with Gasteiger partial charge in [0, 0.05) is 0 Å². The van der Waals surface area contributed by atoms with E-state index in [2.05, 4.69) is 4.74 Å². The van der Waals surface area contributed by atoms with Crippen molar-refractivity contribution in [2.24, 2.45) is 0 Å². The molecule has 0 bridgehead atoms. The van der Waals surface area contributed by atoms with E-state index in [4.69, 9.17) is 0 Å². The Kier molecular flexibility index (Phi) is 13.0. The number of unbranched alkanes of at least 4 members (excludes halogenated alkanes) is 1. The molecule has 0 aliphatic carbocycles. The van der Waals surface area contributed by atoms with Crippen LogP contribution in [0.3, 0.4) is 0 Å². The molecule has 0 aromatic rings. The fourth-order valence-electron chi connectivity index (χ4n) is 0.499. The average Bonchev–Trinajstić information content (AvgIpc) is 1.86. The van der Waals surface area contributed by atoms with Crippen molar-refractivity contribution < 1.29 is 88.3 Å². The van der Waals surface area contributed by atoms with E-state index >= 15 is 0 Å². The van der Waals surface area contributed by atoms with Crippen LogP contribution in [0, 0.1) is 0 Å². The number of esters is 1. The summed E-state index contributed by atoms with van der Waals surface area (Å²) in [5, 5.41) is 9.83. The molecular weight excluding hydrogens is 281 g/mol. The standard InChI is InChI=1S/C7H12O4.Cs/c1-2-3-4-11-7(10)5-6(8)9;/h2-5H2,1H3,(H,8,9);/q;+1/p-1. The third-order valence-electron chi connectivity index (χ3n) is 1.05. The van der Waals surface area contributed by atoms with E-state index in [-0.39, 0.29) is 68.9 Å². The Morgan fingerprint density at radius 1 is 1.42 bits per heavy atom. The molecule has 0 aliphatic rings. The molecule has 0 saturated carbocycles. The smallest absolute Gasteiger partial charge is 0.550 e. The molecule has 4 nitrogen and oxygen atoms in total. The average molecular weight is 292 g/mol. The fraction of sp³-hybridized carbons (Fsp3) is 0.714. The third kappa shape index (κ3) is 11.0. The second kappa shape index (κ2) is 10.1. The van der Waals surface area contributed by atoms with E-state index in [0.717, 1.165) is 12.8 Å². The number of carboxylic acid groups (broad SMARTS) is 1. The van der Waals surface area contributed by atoms with Crippen LogP contribution in [0.4, 0.5) is 0 Å². The molecule has 0 unspecified atom stereocenters. The number of hydrogen-bond donors (Lipinski definition) is 0. The molecule has 0 aliphatic heterocycles. The van der Waals surface area contributed by atoms with Gasteiger partial charge in [-0.05, 0) is 6.42 Å². The van der Waals surface area contributed by atoms with Crippen molar-refractivity contribution in [1.29, 1.82) is 0 Å². The van der Waals surface area contributed by atoms with Gasteiger partial charge in [0.05, 0.1) is 19.0 Å². The number of carbonyl (C=O) groups excluding carboxylic acids is 2. The quantitative estimate of drug-likeness (QED) is 0.299. The molecule has 64 valence electrons. The Balaban J connectivity index is 0. The first-order valence-electron chi connectivity index (χ1n) is 3.52. The molecule has 0 amide bonds. The first-order chi connectivity index (χ1) is 5.16. The van der Waals surface area contributed by atoms with Crippen LogP contribution in [-0.4, -0.2) is 18.5 Å².